The van der Waals surface area contributed by atoms with Crippen molar-refractivity contribution < 1.29 is 42.9 Å². The molecule has 0 aliphatic carbocycles. The van der Waals surface area contributed by atoms with Gasteiger partial charge in [0.15, 0.2) is 29.7 Å². The molecule has 1 heterocycles. The van der Waals surface area contributed by atoms with Crippen molar-refractivity contribution in [3.05, 3.63) is 35.9 Å². The predicted molar refractivity (Wildman–Crippen MR) is 121 cm³/mol. The van der Waals surface area contributed by atoms with E-state index < -0.39 is 54.5 Å². The number of rotatable bonds is 8. The minimum absolute atomic E-state index is 0.157. The zero-order chi connectivity index (χ0) is 25.3. The van der Waals surface area contributed by atoms with Crippen molar-refractivity contribution in [3.8, 4) is 0 Å². The van der Waals surface area contributed by atoms with Crippen LogP contribution in [0.2, 0.25) is 0 Å². The second-order valence-corrected chi connectivity index (χ2v) is 7.84. The van der Waals surface area contributed by atoms with Crippen LogP contribution < -0.4 is 10.6 Å². The van der Waals surface area contributed by atoms with Gasteiger partial charge in [0.2, 0.25) is 0 Å². The standard InChI is InChI=1S/C22H28N2O9S/c1-12(25)29-11-17-18(30-13(2)26)19(31-14(3)27)20(32-15(4)28)21(33-17)24-22(34)23-10-16-8-6-5-7-9-16/h5-9,17-21H,10-11H2,1-4H3,(H2,23,24,34)/t17-,18-,19+,20-,21-/m1/s1. The Morgan fingerprint density at radius 2 is 1.41 bits per heavy atom. The predicted octanol–water partition coefficient (Wildman–Crippen LogP) is 0.734. The van der Waals surface area contributed by atoms with Crippen LogP contribution in [-0.4, -0.2) is 66.2 Å². The number of carbonyl (C=O) groups is 4. The Kier molecular flexibility index (Phi) is 10.2. The fourth-order valence-corrected chi connectivity index (χ4v) is 3.49. The number of hydrogen-bond acceptors (Lipinski definition) is 10. The van der Waals surface area contributed by atoms with Gasteiger partial charge < -0.3 is 34.3 Å². The van der Waals surface area contributed by atoms with Gasteiger partial charge in [-0.3, -0.25) is 19.2 Å². The first-order chi connectivity index (χ1) is 16.1. The summed E-state index contributed by atoms with van der Waals surface area (Å²) in [4.78, 5) is 46.8. The molecule has 0 spiro atoms. The minimum Gasteiger partial charge on any atom is -0.463 e. The van der Waals surface area contributed by atoms with Crippen molar-refractivity contribution in [2.45, 2.75) is 64.9 Å². The van der Waals surface area contributed by atoms with E-state index in [1.165, 1.54) is 13.8 Å². The van der Waals surface area contributed by atoms with E-state index in [9.17, 15) is 19.2 Å². The third-order valence-electron chi connectivity index (χ3n) is 4.56. The number of carbonyl (C=O) groups excluding carboxylic acids is 4. The maximum Gasteiger partial charge on any atom is 0.303 e. The SMILES string of the molecule is CC(=O)OC[C@H]1O[C@@H](NC(=S)NCc2ccccc2)[C@H](OC(C)=O)[C@@H](OC(C)=O)[C@@H]1OC(C)=O. The number of esters is 4. The first kappa shape index (κ1) is 27.0. The molecule has 2 rings (SSSR count). The fourth-order valence-electron chi connectivity index (χ4n) is 3.30. The molecule has 12 heteroatoms. The second kappa shape index (κ2) is 12.8. The van der Waals surface area contributed by atoms with Crippen LogP contribution in [0, 0.1) is 0 Å². The average Bonchev–Trinajstić information content (AvgIpc) is 2.75. The van der Waals surface area contributed by atoms with E-state index in [1.54, 1.807) is 0 Å². The Morgan fingerprint density at radius 1 is 0.853 bits per heavy atom. The Bertz CT molecular complexity index is 896. The van der Waals surface area contributed by atoms with Gasteiger partial charge in [0.05, 0.1) is 0 Å². The van der Waals surface area contributed by atoms with Gasteiger partial charge in [0.25, 0.3) is 0 Å². The smallest absolute Gasteiger partial charge is 0.303 e. The molecule has 0 bridgehead atoms. The van der Waals surface area contributed by atoms with Gasteiger partial charge in [-0.05, 0) is 17.8 Å². The lowest BCUT2D eigenvalue weighted by Crippen LogP contribution is -2.66. The third kappa shape index (κ3) is 8.60. The highest BCUT2D eigenvalue weighted by atomic mass is 32.1. The first-order valence-corrected chi connectivity index (χ1v) is 10.9. The van der Waals surface area contributed by atoms with Gasteiger partial charge in [-0.2, -0.15) is 0 Å². The van der Waals surface area contributed by atoms with E-state index in [0.717, 1.165) is 19.4 Å². The Balaban J connectivity index is 2.29. The van der Waals surface area contributed by atoms with Crippen molar-refractivity contribution in [2.75, 3.05) is 6.61 Å². The number of ether oxygens (including phenoxy) is 5. The maximum absolute atomic E-state index is 11.8. The molecule has 1 aliphatic heterocycles. The normalized spacial score (nSPS) is 23.7. The van der Waals surface area contributed by atoms with Gasteiger partial charge in [-0.15, -0.1) is 0 Å². The molecule has 0 amide bonds. The lowest BCUT2D eigenvalue weighted by molar-refractivity contribution is -0.254. The molecule has 11 nitrogen and oxygen atoms in total. The molecular weight excluding hydrogens is 468 g/mol. The molecule has 2 N–H and O–H groups in total. The summed E-state index contributed by atoms with van der Waals surface area (Å²) < 4.78 is 27.1. The largest absolute Gasteiger partial charge is 0.463 e. The van der Waals surface area contributed by atoms with Crippen molar-refractivity contribution in [1.29, 1.82) is 0 Å². The molecule has 1 fully saturated rings. The lowest BCUT2D eigenvalue weighted by Gasteiger charge is -2.44. The molecule has 5 atom stereocenters. The van der Waals surface area contributed by atoms with E-state index >= 15 is 0 Å². The van der Waals surface area contributed by atoms with E-state index in [-0.39, 0.29) is 11.7 Å². The van der Waals surface area contributed by atoms with Crippen LogP contribution >= 0.6 is 12.2 Å². The van der Waals surface area contributed by atoms with Crippen LogP contribution in [-0.2, 0) is 49.4 Å². The summed E-state index contributed by atoms with van der Waals surface area (Å²) in [6.07, 6.45) is -5.92. The highest BCUT2D eigenvalue weighted by molar-refractivity contribution is 7.80. The minimum atomic E-state index is -1.27. The van der Waals surface area contributed by atoms with E-state index in [2.05, 4.69) is 10.6 Å². The average molecular weight is 497 g/mol. The Hall–Kier alpha value is -3.25. The molecule has 1 aromatic carbocycles. The van der Waals surface area contributed by atoms with Crippen LogP contribution in [0.3, 0.4) is 0 Å². The Labute approximate surface area is 202 Å². The second-order valence-electron chi connectivity index (χ2n) is 7.43. The summed E-state index contributed by atoms with van der Waals surface area (Å²) in [5.74, 6) is -2.70. The quantitative estimate of drug-likeness (QED) is 0.298. The summed E-state index contributed by atoms with van der Waals surface area (Å²) in [7, 11) is 0. The van der Waals surface area contributed by atoms with Crippen LogP contribution in [0.15, 0.2) is 30.3 Å². The number of hydrogen-bond donors (Lipinski definition) is 2. The van der Waals surface area contributed by atoms with Gasteiger partial charge in [0, 0.05) is 34.2 Å². The number of thiocarbonyl (C=S) groups is 1. The summed E-state index contributed by atoms with van der Waals surface area (Å²) in [5.41, 5.74) is 0.966. The molecule has 1 aliphatic rings. The van der Waals surface area contributed by atoms with Crippen molar-refractivity contribution in [2.24, 2.45) is 0 Å². The lowest BCUT2D eigenvalue weighted by atomic mass is 9.97. The highest BCUT2D eigenvalue weighted by Gasteiger charge is 2.52. The van der Waals surface area contributed by atoms with Crippen molar-refractivity contribution >= 4 is 41.2 Å². The molecule has 0 unspecified atom stereocenters. The van der Waals surface area contributed by atoms with Crippen LogP contribution in [0.1, 0.15) is 33.3 Å². The summed E-state index contributed by atoms with van der Waals surface area (Å²) in [5, 5.41) is 6.05. The summed E-state index contributed by atoms with van der Waals surface area (Å²) in [6, 6.07) is 9.46. The fraction of sp³-hybridized carbons (Fsp3) is 0.500. The summed E-state index contributed by atoms with van der Waals surface area (Å²) >= 11 is 5.35. The van der Waals surface area contributed by atoms with Gasteiger partial charge in [0.1, 0.15) is 12.7 Å². The number of benzene rings is 1. The Morgan fingerprint density at radius 3 is 1.97 bits per heavy atom. The van der Waals surface area contributed by atoms with E-state index in [1.807, 2.05) is 30.3 Å². The zero-order valence-electron chi connectivity index (χ0n) is 19.3. The third-order valence-corrected chi connectivity index (χ3v) is 4.82. The van der Waals surface area contributed by atoms with Crippen LogP contribution in [0.5, 0.6) is 0 Å². The van der Waals surface area contributed by atoms with Gasteiger partial charge in [-0.1, -0.05) is 30.3 Å². The van der Waals surface area contributed by atoms with Crippen molar-refractivity contribution in [3.63, 3.8) is 0 Å². The van der Waals surface area contributed by atoms with Gasteiger partial charge in [-0.25, -0.2) is 0 Å². The molecule has 1 saturated heterocycles. The maximum atomic E-state index is 11.8. The molecule has 34 heavy (non-hydrogen) atoms. The molecular formula is C22H28N2O9S. The zero-order valence-corrected chi connectivity index (χ0v) is 20.1. The summed E-state index contributed by atoms with van der Waals surface area (Å²) in [6.45, 7) is 4.76. The van der Waals surface area contributed by atoms with Crippen molar-refractivity contribution in [1.82, 2.24) is 10.6 Å². The monoisotopic (exact) mass is 496 g/mol. The van der Waals surface area contributed by atoms with Crippen LogP contribution in [0.25, 0.3) is 0 Å². The van der Waals surface area contributed by atoms with E-state index in [0.29, 0.717) is 6.54 Å². The molecule has 0 aromatic heterocycles. The highest BCUT2D eigenvalue weighted by Crippen LogP contribution is 2.28. The number of nitrogens with one attached hydrogen (secondary N) is 2. The van der Waals surface area contributed by atoms with Gasteiger partial charge >= 0.3 is 23.9 Å². The molecule has 0 radical (unpaired) electrons. The molecule has 186 valence electrons. The first-order valence-electron chi connectivity index (χ1n) is 10.5. The topological polar surface area (TPSA) is 138 Å². The molecule has 1 aromatic rings. The van der Waals surface area contributed by atoms with Crippen LogP contribution in [0.4, 0.5) is 0 Å². The molecule has 0 saturated carbocycles. The van der Waals surface area contributed by atoms with E-state index in [4.69, 9.17) is 35.9 Å².